The number of aromatic nitrogens is 1. The van der Waals surface area contributed by atoms with Gasteiger partial charge in [0.05, 0.1) is 5.39 Å². The van der Waals surface area contributed by atoms with Crippen LogP contribution in [0.5, 0.6) is 0 Å². The SMILES string of the molecule is c1ccc(-[n+]2cc3ccccc3c3c4ccccc4ccc32)cc1. The molecule has 0 unspecified atom stereocenters. The van der Waals surface area contributed by atoms with Crippen LogP contribution in [0.25, 0.3) is 38.1 Å². The highest BCUT2D eigenvalue weighted by molar-refractivity contribution is 6.17. The van der Waals surface area contributed by atoms with E-state index >= 15 is 0 Å². The van der Waals surface area contributed by atoms with Crippen molar-refractivity contribution in [2.45, 2.75) is 0 Å². The smallest absolute Gasteiger partial charge is 0.159 e. The molecule has 5 rings (SSSR count). The first-order chi connectivity index (χ1) is 11.9. The Labute approximate surface area is 140 Å². The normalized spacial score (nSPS) is 11.3. The van der Waals surface area contributed by atoms with Crippen molar-refractivity contribution >= 4 is 32.4 Å². The Kier molecular flexibility index (Phi) is 2.86. The molecule has 0 spiro atoms. The highest BCUT2D eigenvalue weighted by Crippen LogP contribution is 2.30. The van der Waals surface area contributed by atoms with Gasteiger partial charge in [-0.2, -0.15) is 4.57 Å². The summed E-state index contributed by atoms with van der Waals surface area (Å²) in [5, 5.41) is 6.45. The lowest BCUT2D eigenvalue weighted by molar-refractivity contribution is -0.565. The average Bonchev–Trinajstić information content (AvgIpc) is 2.67. The van der Waals surface area contributed by atoms with E-state index in [-0.39, 0.29) is 0 Å². The molecule has 0 aliphatic heterocycles. The number of nitrogens with zero attached hydrogens (tertiary/aromatic N) is 1. The molecule has 0 aliphatic rings. The van der Waals surface area contributed by atoms with Gasteiger partial charge < -0.3 is 0 Å². The molecule has 0 amide bonds. The van der Waals surface area contributed by atoms with Crippen LogP contribution in [0.15, 0.2) is 97.2 Å². The Bertz CT molecular complexity index is 1170. The molecule has 0 radical (unpaired) electrons. The van der Waals surface area contributed by atoms with Crippen molar-refractivity contribution in [3.05, 3.63) is 97.2 Å². The summed E-state index contributed by atoms with van der Waals surface area (Å²) in [6, 6.07) is 32.3. The Morgan fingerprint density at radius 2 is 1.12 bits per heavy atom. The van der Waals surface area contributed by atoms with Crippen LogP contribution in [-0.4, -0.2) is 0 Å². The standard InChI is InChI=1S/C23H16N/c1-2-10-19(11-3-1)24-16-18-9-5-7-13-21(18)23-20-12-6-4-8-17(20)14-15-22(23)24/h1-16H/q+1. The van der Waals surface area contributed by atoms with Gasteiger partial charge in [-0.1, -0.05) is 60.7 Å². The van der Waals surface area contributed by atoms with E-state index in [4.69, 9.17) is 0 Å². The number of hydrogen-bond donors (Lipinski definition) is 0. The Balaban J connectivity index is 2.06. The van der Waals surface area contributed by atoms with Gasteiger partial charge in [-0.3, -0.25) is 0 Å². The Hall–Kier alpha value is -3.19. The number of fused-ring (bicyclic) bond motifs is 5. The minimum atomic E-state index is 1.18. The summed E-state index contributed by atoms with van der Waals surface area (Å²) in [6.07, 6.45) is 2.24. The van der Waals surface area contributed by atoms with E-state index in [2.05, 4.69) is 102 Å². The van der Waals surface area contributed by atoms with E-state index in [1.54, 1.807) is 0 Å². The summed E-state index contributed by atoms with van der Waals surface area (Å²) in [5.41, 5.74) is 2.42. The molecular formula is C23H16N+. The Morgan fingerprint density at radius 1 is 0.500 bits per heavy atom. The molecule has 1 aromatic heterocycles. The summed E-state index contributed by atoms with van der Waals surface area (Å²) < 4.78 is 2.30. The maximum absolute atomic E-state index is 2.30. The van der Waals surface area contributed by atoms with Crippen LogP contribution in [0.1, 0.15) is 0 Å². The molecular weight excluding hydrogens is 290 g/mol. The van der Waals surface area contributed by atoms with E-state index < -0.39 is 0 Å². The first-order valence-corrected chi connectivity index (χ1v) is 8.22. The minimum absolute atomic E-state index is 1.18. The maximum Gasteiger partial charge on any atom is 0.219 e. The number of pyridine rings is 1. The molecule has 1 heteroatoms. The van der Waals surface area contributed by atoms with Crippen LogP contribution in [0.3, 0.4) is 0 Å². The topological polar surface area (TPSA) is 3.88 Å². The van der Waals surface area contributed by atoms with Gasteiger partial charge in [0.1, 0.15) is 0 Å². The van der Waals surface area contributed by atoms with Crippen LogP contribution >= 0.6 is 0 Å². The predicted molar refractivity (Wildman–Crippen MR) is 100 cm³/mol. The molecule has 0 saturated heterocycles. The molecule has 5 aromatic rings. The van der Waals surface area contributed by atoms with E-state index in [0.717, 1.165) is 0 Å². The van der Waals surface area contributed by atoms with Gasteiger partial charge in [0.2, 0.25) is 11.2 Å². The molecule has 1 heterocycles. The lowest BCUT2D eigenvalue weighted by Gasteiger charge is -2.08. The van der Waals surface area contributed by atoms with E-state index in [1.807, 2.05) is 0 Å². The monoisotopic (exact) mass is 306 g/mol. The number of benzene rings is 4. The van der Waals surface area contributed by atoms with Gasteiger partial charge in [-0.15, -0.1) is 0 Å². The van der Waals surface area contributed by atoms with E-state index in [9.17, 15) is 0 Å². The molecule has 0 atom stereocenters. The zero-order valence-electron chi connectivity index (χ0n) is 13.2. The fourth-order valence-corrected chi connectivity index (χ4v) is 3.59. The molecule has 0 saturated carbocycles. The van der Waals surface area contributed by atoms with Crippen LogP contribution in [-0.2, 0) is 0 Å². The average molecular weight is 306 g/mol. The first kappa shape index (κ1) is 13.3. The largest absolute Gasteiger partial charge is 0.219 e. The van der Waals surface area contributed by atoms with Gasteiger partial charge in [-0.05, 0) is 22.9 Å². The fraction of sp³-hybridized carbons (Fsp3) is 0. The number of rotatable bonds is 1. The summed E-state index contributed by atoms with van der Waals surface area (Å²) in [6.45, 7) is 0. The van der Waals surface area contributed by atoms with Crippen LogP contribution in [0, 0.1) is 0 Å². The number of para-hydroxylation sites is 1. The maximum atomic E-state index is 2.30. The van der Waals surface area contributed by atoms with Crippen LogP contribution in [0.2, 0.25) is 0 Å². The van der Waals surface area contributed by atoms with Crippen molar-refractivity contribution in [2.24, 2.45) is 0 Å². The lowest BCUT2D eigenvalue weighted by atomic mass is 9.99. The van der Waals surface area contributed by atoms with Gasteiger partial charge in [0.25, 0.3) is 0 Å². The second-order valence-electron chi connectivity index (χ2n) is 6.10. The summed E-state index contributed by atoms with van der Waals surface area (Å²) >= 11 is 0. The Morgan fingerprint density at radius 3 is 1.92 bits per heavy atom. The third-order valence-corrected chi connectivity index (χ3v) is 4.70. The first-order valence-electron chi connectivity index (χ1n) is 8.22. The van der Waals surface area contributed by atoms with E-state index in [0.29, 0.717) is 0 Å². The van der Waals surface area contributed by atoms with Crippen LogP contribution < -0.4 is 4.57 Å². The predicted octanol–water partition coefficient (Wildman–Crippen LogP) is 5.42. The van der Waals surface area contributed by atoms with Crippen molar-refractivity contribution in [1.29, 1.82) is 0 Å². The third-order valence-electron chi connectivity index (χ3n) is 4.70. The van der Waals surface area contributed by atoms with Gasteiger partial charge in [0.15, 0.2) is 6.20 Å². The van der Waals surface area contributed by atoms with Gasteiger partial charge in [0, 0.05) is 29.0 Å². The summed E-state index contributed by atoms with van der Waals surface area (Å²) in [4.78, 5) is 0. The van der Waals surface area contributed by atoms with Crippen LogP contribution in [0.4, 0.5) is 0 Å². The molecule has 1 nitrogen and oxygen atoms in total. The number of hydrogen-bond acceptors (Lipinski definition) is 0. The fourth-order valence-electron chi connectivity index (χ4n) is 3.59. The highest BCUT2D eigenvalue weighted by Gasteiger charge is 2.17. The lowest BCUT2D eigenvalue weighted by Crippen LogP contribution is -2.31. The van der Waals surface area contributed by atoms with Crippen molar-refractivity contribution in [3.8, 4) is 5.69 Å². The van der Waals surface area contributed by atoms with Gasteiger partial charge in [-0.25, -0.2) is 0 Å². The molecule has 24 heavy (non-hydrogen) atoms. The summed E-state index contributed by atoms with van der Waals surface area (Å²) in [7, 11) is 0. The highest BCUT2D eigenvalue weighted by atomic mass is 15.0. The zero-order chi connectivity index (χ0) is 15.9. The molecule has 4 aromatic carbocycles. The molecule has 0 fully saturated rings. The minimum Gasteiger partial charge on any atom is -0.159 e. The molecule has 0 N–H and O–H groups in total. The van der Waals surface area contributed by atoms with E-state index in [1.165, 1.54) is 38.1 Å². The van der Waals surface area contributed by atoms with Crippen molar-refractivity contribution in [1.82, 2.24) is 0 Å². The zero-order valence-corrected chi connectivity index (χ0v) is 13.2. The second-order valence-corrected chi connectivity index (χ2v) is 6.10. The van der Waals surface area contributed by atoms with Gasteiger partial charge >= 0.3 is 0 Å². The van der Waals surface area contributed by atoms with Crippen molar-refractivity contribution < 1.29 is 4.57 Å². The molecule has 0 aliphatic carbocycles. The second kappa shape index (κ2) is 5.17. The third kappa shape index (κ3) is 1.92. The van der Waals surface area contributed by atoms with Crippen molar-refractivity contribution in [3.63, 3.8) is 0 Å². The summed E-state index contributed by atoms with van der Waals surface area (Å²) in [5.74, 6) is 0. The molecule has 112 valence electrons. The van der Waals surface area contributed by atoms with Crippen molar-refractivity contribution in [2.75, 3.05) is 0 Å². The quantitative estimate of drug-likeness (QED) is 0.287. The molecule has 0 bridgehead atoms.